The van der Waals surface area contributed by atoms with Gasteiger partial charge < -0.3 is 4.90 Å². The van der Waals surface area contributed by atoms with Crippen molar-refractivity contribution in [1.82, 2.24) is 4.90 Å². The molecular weight excluding hydrogens is 338 g/mol. The summed E-state index contributed by atoms with van der Waals surface area (Å²) in [5, 5.41) is 0. The standard InChI is InChI=1S/C27H57N/c1-26(2)22-18-14-10-6-8-12-16-20-24-28(5)25-21-17-13-9-7-11-15-19-23-27(3)4/h26-27H,6-25H2,1-5H3. The van der Waals surface area contributed by atoms with Gasteiger partial charge in [0.05, 0.1) is 0 Å². The molecule has 0 fully saturated rings. The summed E-state index contributed by atoms with van der Waals surface area (Å²) in [5.41, 5.74) is 0. The maximum absolute atomic E-state index is 2.57. The summed E-state index contributed by atoms with van der Waals surface area (Å²) in [6.07, 6.45) is 26.0. The zero-order valence-electron chi connectivity index (χ0n) is 20.7. The van der Waals surface area contributed by atoms with E-state index in [9.17, 15) is 0 Å². The number of hydrogen-bond acceptors (Lipinski definition) is 1. The second-order valence-corrected chi connectivity index (χ2v) is 10.3. The van der Waals surface area contributed by atoms with Gasteiger partial charge in [-0.15, -0.1) is 0 Å². The average Bonchev–Trinajstić information content (AvgIpc) is 2.64. The van der Waals surface area contributed by atoms with E-state index in [-0.39, 0.29) is 0 Å². The molecule has 0 radical (unpaired) electrons. The smallest absolute Gasteiger partial charge is 0.00218 e. The molecule has 0 saturated carbocycles. The highest BCUT2D eigenvalue weighted by Crippen LogP contribution is 2.14. The molecule has 0 aromatic carbocycles. The van der Waals surface area contributed by atoms with Crippen molar-refractivity contribution in [2.24, 2.45) is 11.8 Å². The Morgan fingerprint density at radius 2 is 0.643 bits per heavy atom. The topological polar surface area (TPSA) is 3.24 Å². The highest BCUT2D eigenvalue weighted by atomic mass is 15.1. The molecule has 0 atom stereocenters. The highest BCUT2D eigenvalue weighted by molar-refractivity contribution is 4.55. The van der Waals surface area contributed by atoms with Crippen LogP contribution >= 0.6 is 0 Å². The molecule has 1 heteroatoms. The zero-order valence-corrected chi connectivity index (χ0v) is 20.7. The summed E-state index contributed by atoms with van der Waals surface area (Å²) in [7, 11) is 2.32. The lowest BCUT2D eigenvalue weighted by Gasteiger charge is -2.16. The van der Waals surface area contributed by atoms with Crippen LogP contribution in [0.5, 0.6) is 0 Å². The third-order valence-corrected chi connectivity index (χ3v) is 6.14. The molecule has 0 aliphatic rings. The lowest BCUT2D eigenvalue weighted by molar-refractivity contribution is 0.314. The number of hydrogen-bond donors (Lipinski definition) is 0. The van der Waals surface area contributed by atoms with Gasteiger partial charge >= 0.3 is 0 Å². The van der Waals surface area contributed by atoms with Crippen LogP contribution in [0.25, 0.3) is 0 Å². The molecule has 0 amide bonds. The quantitative estimate of drug-likeness (QED) is 0.165. The van der Waals surface area contributed by atoms with Gasteiger partial charge in [-0.1, -0.05) is 130 Å². The van der Waals surface area contributed by atoms with E-state index in [1.165, 1.54) is 129 Å². The summed E-state index contributed by atoms with van der Waals surface area (Å²) >= 11 is 0. The maximum atomic E-state index is 2.57. The van der Waals surface area contributed by atoms with Gasteiger partial charge in [-0.25, -0.2) is 0 Å². The van der Waals surface area contributed by atoms with Crippen LogP contribution in [0.1, 0.15) is 143 Å². The van der Waals surface area contributed by atoms with Crippen molar-refractivity contribution in [3.63, 3.8) is 0 Å². The number of rotatable bonds is 22. The normalized spacial score (nSPS) is 12.0. The van der Waals surface area contributed by atoms with E-state index in [0.717, 1.165) is 11.8 Å². The lowest BCUT2D eigenvalue weighted by atomic mass is 10.0. The van der Waals surface area contributed by atoms with Gasteiger partial charge in [-0.2, -0.15) is 0 Å². The van der Waals surface area contributed by atoms with E-state index in [1.54, 1.807) is 0 Å². The Morgan fingerprint density at radius 3 is 0.929 bits per heavy atom. The molecule has 0 aliphatic heterocycles. The predicted octanol–water partition coefficient (Wildman–Crippen LogP) is 9.25. The Morgan fingerprint density at radius 1 is 0.393 bits per heavy atom. The minimum atomic E-state index is 0.890. The molecule has 0 aliphatic carbocycles. The van der Waals surface area contributed by atoms with Crippen molar-refractivity contribution in [3.05, 3.63) is 0 Å². The minimum absolute atomic E-state index is 0.890. The third-order valence-electron chi connectivity index (χ3n) is 6.14. The molecule has 170 valence electrons. The molecule has 0 aromatic heterocycles. The predicted molar refractivity (Wildman–Crippen MR) is 130 cm³/mol. The van der Waals surface area contributed by atoms with Crippen LogP contribution in [0, 0.1) is 11.8 Å². The number of unbranched alkanes of at least 4 members (excludes halogenated alkanes) is 14. The average molecular weight is 396 g/mol. The van der Waals surface area contributed by atoms with Crippen LogP contribution in [0.3, 0.4) is 0 Å². The Bertz CT molecular complexity index is 256. The van der Waals surface area contributed by atoms with E-state index in [2.05, 4.69) is 39.6 Å². The van der Waals surface area contributed by atoms with Gasteiger partial charge in [0, 0.05) is 0 Å². The van der Waals surface area contributed by atoms with Crippen LogP contribution < -0.4 is 0 Å². The second kappa shape index (κ2) is 21.7. The zero-order chi connectivity index (χ0) is 20.9. The molecule has 0 heterocycles. The molecule has 0 rings (SSSR count). The molecule has 0 bridgehead atoms. The molecule has 1 nitrogen and oxygen atoms in total. The van der Waals surface area contributed by atoms with Crippen molar-refractivity contribution in [2.45, 2.75) is 143 Å². The van der Waals surface area contributed by atoms with Gasteiger partial charge in [-0.05, 0) is 44.8 Å². The Labute approximate surface area is 180 Å². The summed E-state index contributed by atoms with van der Waals surface area (Å²) in [6.45, 7) is 12.0. The van der Waals surface area contributed by atoms with Gasteiger partial charge in [0.25, 0.3) is 0 Å². The van der Waals surface area contributed by atoms with Gasteiger partial charge in [-0.3, -0.25) is 0 Å². The molecule has 0 saturated heterocycles. The van der Waals surface area contributed by atoms with Crippen molar-refractivity contribution >= 4 is 0 Å². The highest BCUT2D eigenvalue weighted by Gasteiger charge is 2.00. The fourth-order valence-electron chi connectivity index (χ4n) is 4.10. The van der Waals surface area contributed by atoms with Gasteiger partial charge in [0.1, 0.15) is 0 Å². The van der Waals surface area contributed by atoms with Gasteiger partial charge in [0.15, 0.2) is 0 Å². The monoisotopic (exact) mass is 395 g/mol. The Hall–Kier alpha value is -0.0400. The molecule has 28 heavy (non-hydrogen) atoms. The minimum Gasteiger partial charge on any atom is -0.306 e. The molecule has 0 N–H and O–H groups in total. The fourth-order valence-corrected chi connectivity index (χ4v) is 4.10. The van der Waals surface area contributed by atoms with E-state index in [4.69, 9.17) is 0 Å². The first-order valence-corrected chi connectivity index (χ1v) is 13.2. The van der Waals surface area contributed by atoms with Crippen molar-refractivity contribution < 1.29 is 0 Å². The first-order chi connectivity index (χ1) is 13.5. The maximum Gasteiger partial charge on any atom is -0.00218 e. The van der Waals surface area contributed by atoms with Gasteiger partial charge in [0.2, 0.25) is 0 Å². The first kappa shape index (κ1) is 28.0. The summed E-state index contributed by atoms with van der Waals surface area (Å²) in [5.74, 6) is 1.78. The van der Waals surface area contributed by atoms with Crippen molar-refractivity contribution in [1.29, 1.82) is 0 Å². The summed E-state index contributed by atoms with van der Waals surface area (Å²) in [4.78, 5) is 2.57. The Balaban J connectivity index is 3.16. The SMILES string of the molecule is CC(C)CCCCCCCCCCN(C)CCCCCCCCCCC(C)C. The summed E-state index contributed by atoms with van der Waals surface area (Å²) in [6, 6.07) is 0. The van der Waals surface area contributed by atoms with Crippen molar-refractivity contribution in [3.8, 4) is 0 Å². The fraction of sp³-hybridized carbons (Fsp3) is 1.00. The van der Waals surface area contributed by atoms with E-state index < -0.39 is 0 Å². The summed E-state index contributed by atoms with van der Waals surface area (Å²) < 4.78 is 0. The Kier molecular flexibility index (Phi) is 21.6. The molecular formula is C27H57N. The van der Waals surface area contributed by atoms with E-state index in [0.29, 0.717) is 0 Å². The molecule has 0 aromatic rings. The largest absolute Gasteiger partial charge is 0.306 e. The van der Waals surface area contributed by atoms with Crippen LogP contribution in [0.4, 0.5) is 0 Å². The first-order valence-electron chi connectivity index (χ1n) is 13.2. The van der Waals surface area contributed by atoms with Crippen LogP contribution in [0.15, 0.2) is 0 Å². The molecule has 0 unspecified atom stereocenters. The van der Waals surface area contributed by atoms with E-state index in [1.807, 2.05) is 0 Å². The van der Waals surface area contributed by atoms with Crippen LogP contribution in [0.2, 0.25) is 0 Å². The van der Waals surface area contributed by atoms with E-state index >= 15 is 0 Å². The second-order valence-electron chi connectivity index (χ2n) is 10.3. The van der Waals surface area contributed by atoms with Crippen LogP contribution in [-0.4, -0.2) is 25.0 Å². The number of nitrogens with zero attached hydrogens (tertiary/aromatic N) is 1. The molecule has 0 spiro atoms. The lowest BCUT2D eigenvalue weighted by Crippen LogP contribution is -2.20. The van der Waals surface area contributed by atoms with Crippen LogP contribution in [-0.2, 0) is 0 Å². The van der Waals surface area contributed by atoms with Crippen molar-refractivity contribution in [2.75, 3.05) is 20.1 Å². The third kappa shape index (κ3) is 24.0.